The molecular formula is C20H24N4O4. The van der Waals surface area contributed by atoms with Crippen molar-refractivity contribution in [2.45, 2.75) is 39.7 Å². The molecular weight excluding hydrogens is 360 g/mol. The van der Waals surface area contributed by atoms with E-state index in [9.17, 15) is 9.59 Å². The Morgan fingerprint density at radius 1 is 1.29 bits per heavy atom. The highest BCUT2D eigenvalue weighted by Crippen LogP contribution is 2.42. The number of carbonyl (C=O) groups is 2. The van der Waals surface area contributed by atoms with Gasteiger partial charge in [0.15, 0.2) is 5.69 Å². The number of carboxylic acids is 1. The van der Waals surface area contributed by atoms with Crippen molar-refractivity contribution >= 4 is 17.7 Å². The first-order valence-corrected chi connectivity index (χ1v) is 9.52. The van der Waals surface area contributed by atoms with Crippen LogP contribution >= 0.6 is 0 Å². The van der Waals surface area contributed by atoms with Crippen molar-refractivity contribution in [3.8, 4) is 0 Å². The Labute approximate surface area is 163 Å². The van der Waals surface area contributed by atoms with Gasteiger partial charge in [-0.15, -0.1) is 0 Å². The lowest BCUT2D eigenvalue weighted by atomic mass is 9.77. The van der Waals surface area contributed by atoms with Crippen LogP contribution in [-0.2, 0) is 11.3 Å². The molecule has 8 nitrogen and oxygen atoms in total. The highest BCUT2D eigenvalue weighted by atomic mass is 16.5. The third kappa shape index (κ3) is 3.34. The summed E-state index contributed by atoms with van der Waals surface area (Å²) in [4.78, 5) is 32.1. The molecule has 8 heteroatoms. The van der Waals surface area contributed by atoms with Gasteiger partial charge in [-0.05, 0) is 38.8 Å². The van der Waals surface area contributed by atoms with Gasteiger partial charge in [-0.3, -0.25) is 4.79 Å². The van der Waals surface area contributed by atoms with Gasteiger partial charge in [0, 0.05) is 37.0 Å². The first-order valence-electron chi connectivity index (χ1n) is 9.52. The van der Waals surface area contributed by atoms with Gasteiger partial charge < -0.3 is 19.4 Å². The number of hydrogen-bond donors (Lipinski definition) is 1. The van der Waals surface area contributed by atoms with E-state index in [1.807, 2.05) is 24.8 Å². The number of hydrogen-bond acceptors (Lipinski definition) is 6. The Morgan fingerprint density at radius 3 is 2.68 bits per heavy atom. The second-order valence-corrected chi connectivity index (χ2v) is 7.90. The second-order valence-electron chi connectivity index (χ2n) is 7.90. The third-order valence-corrected chi connectivity index (χ3v) is 6.04. The molecule has 0 unspecified atom stereocenters. The molecule has 0 bridgehead atoms. The van der Waals surface area contributed by atoms with Crippen LogP contribution in [0.15, 0.2) is 22.7 Å². The molecule has 2 saturated heterocycles. The summed E-state index contributed by atoms with van der Waals surface area (Å²) in [6.07, 6.45) is 2.33. The summed E-state index contributed by atoms with van der Waals surface area (Å²) in [6, 6.07) is 5.06. The molecule has 2 aromatic heterocycles. The van der Waals surface area contributed by atoms with Crippen LogP contribution in [0, 0.1) is 19.3 Å². The normalized spacial score (nSPS) is 18.9. The number of aryl methyl sites for hydroxylation is 2. The van der Waals surface area contributed by atoms with E-state index >= 15 is 0 Å². The Hall–Kier alpha value is -2.90. The summed E-state index contributed by atoms with van der Waals surface area (Å²) in [5.74, 6) is 0.614. The number of nitrogens with zero attached hydrogens (tertiary/aromatic N) is 4. The molecule has 0 atom stereocenters. The molecule has 1 amide bonds. The number of aromatic nitrogens is 2. The molecule has 2 aliphatic heterocycles. The van der Waals surface area contributed by atoms with E-state index < -0.39 is 5.97 Å². The maximum absolute atomic E-state index is 12.7. The minimum Gasteiger partial charge on any atom is -0.477 e. The zero-order chi connectivity index (χ0) is 19.9. The quantitative estimate of drug-likeness (QED) is 0.864. The maximum atomic E-state index is 12.7. The lowest BCUT2D eigenvalue weighted by molar-refractivity contribution is -0.128. The average Bonchev–Trinajstić information content (AvgIpc) is 3.16. The Morgan fingerprint density at radius 2 is 2.04 bits per heavy atom. The van der Waals surface area contributed by atoms with Gasteiger partial charge in [0.2, 0.25) is 5.91 Å². The fourth-order valence-electron chi connectivity index (χ4n) is 4.31. The van der Waals surface area contributed by atoms with Gasteiger partial charge in [-0.1, -0.05) is 11.2 Å². The van der Waals surface area contributed by atoms with Gasteiger partial charge >= 0.3 is 5.97 Å². The van der Waals surface area contributed by atoms with Gasteiger partial charge in [0.1, 0.15) is 11.6 Å². The maximum Gasteiger partial charge on any atom is 0.354 e. The summed E-state index contributed by atoms with van der Waals surface area (Å²) in [5.41, 5.74) is 1.87. The largest absolute Gasteiger partial charge is 0.477 e. The molecule has 0 aromatic carbocycles. The molecule has 1 N–H and O–H groups in total. The number of anilines is 1. The number of amides is 1. The molecule has 0 saturated carbocycles. The standard InChI is InChI=1S/C20H24N4O4/c1-13-15(14(2)28-22-13)11-24-12-20(10-18(24)25)6-8-23(9-7-20)17-5-3-4-16(21-17)19(26)27/h3-5H,6-12H2,1-2H3,(H,26,27). The number of carbonyl (C=O) groups excluding carboxylic acids is 1. The van der Waals surface area contributed by atoms with Gasteiger partial charge in [-0.2, -0.15) is 0 Å². The Balaban J connectivity index is 1.42. The van der Waals surface area contributed by atoms with Gasteiger partial charge in [0.25, 0.3) is 0 Å². The lowest BCUT2D eigenvalue weighted by Crippen LogP contribution is -2.42. The van der Waals surface area contributed by atoms with E-state index in [0.29, 0.717) is 18.8 Å². The highest BCUT2D eigenvalue weighted by Gasteiger charge is 2.45. The zero-order valence-corrected chi connectivity index (χ0v) is 16.1. The van der Waals surface area contributed by atoms with E-state index in [1.165, 1.54) is 6.07 Å². The zero-order valence-electron chi connectivity index (χ0n) is 16.1. The number of likely N-dealkylation sites (tertiary alicyclic amines) is 1. The summed E-state index contributed by atoms with van der Waals surface area (Å²) < 4.78 is 5.22. The van der Waals surface area contributed by atoms with E-state index in [1.54, 1.807) is 6.07 Å². The first kappa shape index (κ1) is 18.5. The molecule has 2 aromatic rings. The van der Waals surface area contributed by atoms with Gasteiger partial charge in [-0.25, -0.2) is 9.78 Å². The summed E-state index contributed by atoms with van der Waals surface area (Å²) in [6.45, 7) is 6.60. The van der Waals surface area contributed by atoms with E-state index in [0.717, 1.165) is 49.5 Å². The SMILES string of the molecule is Cc1noc(C)c1CN1CC2(CCN(c3cccc(C(=O)O)n3)CC2)CC1=O. The van der Waals surface area contributed by atoms with Crippen LogP contribution in [0.3, 0.4) is 0 Å². The summed E-state index contributed by atoms with van der Waals surface area (Å²) in [5, 5.41) is 13.1. The van der Waals surface area contributed by atoms with Crippen molar-refractivity contribution in [1.29, 1.82) is 0 Å². The topological polar surface area (TPSA) is 99.8 Å². The third-order valence-electron chi connectivity index (χ3n) is 6.04. The first-order chi connectivity index (χ1) is 13.4. The van der Waals surface area contributed by atoms with Crippen LogP contribution in [0.1, 0.15) is 46.8 Å². The Kier molecular flexibility index (Phi) is 4.56. The van der Waals surface area contributed by atoms with Crippen molar-refractivity contribution in [1.82, 2.24) is 15.0 Å². The molecule has 2 fully saturated rings. The van der Waals surface area contributed by atoms with Crippen LogP contribution in [0.2, 0.25) is 0 Å². The summed E-state index contributed by atoms with van der Waals surface area (Å²) in [7, 11) is 0. The van der Waals surface area contributed by atoms with Crippen LogP contribution in [0.4, 0.5) is 5.82 Å². The smallest absolute Gasteiger partial charge is 0.354 e. The average molecular weight is 384 g/mol. The van der Waals surface area contributed by atoms with Crippen LogP contribution in [0.5, 0.6) is 0 Å². The fraction of sp³-hybridized carbons (Fsp3) is 0.500. The summed E-state index contributed by atoms with van der Waals surface area (Å²) >= 11 is 0. The minimum absolute atomic E-state index is 0.0169. The number of rotatable bonds is 4. The van der Waals surface area contributed by atoms with E-state index in [4.69, 9.17) is 9.63 Å². The van der Waals surface area contributed by atoms with Crippen molar-refractivity contribution < 1.29 is 19.2 Å². The van der Waals surface area contributed by atoms with Crippen LogP contribution in [-0.4, -0.2) is 51.7 Å². The molecule has 28 heavy (non-hydrogen) atoms. The van der Waals surface area contributed by atoms with Gasteiger partial charge in [0.05, 0.1) is 12.2 Å². The van der Waals surface area contributed by atoms with E-state index in [-0.39, 0.29) is 17.0 Å². The number of aromatic carboxylic acids is 1. The fourth-order valence-corrected chi connectivity index (χ4v) is 4.31. The van der Waals surface area contributed by atoms with Crippen molar-refractivity contribution in [2.75, 3.05) is 24.5 Å². The lowest BCUT2D eigenvalue weighted by Gasteiger charge is -2.39. The predicted octanol–water partition coefficient (Wildman–Crippen LogP) is 2.40. The molecule has 4 rings (SSSR count). The number of carboxylic acid groups (broad SMARTS) is 1. The highest BCUT2D eigenvalue weighted by molar-refractivity contribution is 5.85. The molecule has 4 heterocycles. The second kappa shape index (κ2) is 6.92. The van der Waals surface area contributed by atoms with Crippen LogP contribution < -0.4 is 4.90 Å². The van der Waals surface area contributed by atoms with Crippen LogP contribution in [0.25, 0.3) is 0 Å². The number of pyridine rings is 1. The monoisotopic (exact) mass is 384 g/mol. The van der Waals surface area contributed by atoms with E-state index in [2.05, 4.69) is 15.0 Å². The Bertz CT molecular complexity index is 895. The molecule has 148 valence electrons. The molecule has 0 aliphatic carbocycles. The number of piperidine rings is 1. The molecule has 0 radical (unpaired) electrons. The van der Waals surface area contributed by atoms with Crippen molar-refractivity contribution in [2.24, 2.45) is 5.41 Å². The van der Waals surface area contributed by atoms with Crippen molar-refractivity contribution in [3.63, 3.8) is 0 Å². The predicted molar refractivity (Wildman–Crippen MR) is 101 cm³/mol. The van der Waals surface area contributed by atoms with Crippen molar-refractivity contribution in [3.05, 3.63) is 40.9 Å². The molecule has 2 aliphatic rings. The minimum atomic E-state index is -1.02. The molecule has 1 spiro atoms.